The van der Waals surface area contributed by atoms with Crippen LogP contribution in [0.4, 0.5) is 0 Å². The largest absolute Gasteiger partial charge is 0.493 e. The fraction of sp³-hybridized carbons (Fsp3) is 0.400. The minimum atomic E-state index is 0.765. The van der Waals surface area contributed by atoms with Gasteiger partial charge in [0.05, 0.1) is 7.11 Å². The normalized spacial score (nSPS) is 10.8. The van der Waals surface area contributed by atoms with Crippen molar-refractivity contribution >= 4 is 0 Å². The van der Waals surface area contributed by atoms with E-state index in [0.29, 0.717) is 0 Å². The van der Waals surface area contributed by atoms with Gasteiger partial charge in [0.25, 0.3) is 0 Å². The number of nitrogens with zero attached hydrogens (tertiary/aromatic N) is 1. The number of benzene rings is 2. The van der Waals surface area contributed by atoms with Gasteiger partial charge in [-0.1, -0.05) is 25.1 Å². The highest BCUT2D eigenvalue weighted by Gasteiger charge is 2.07. The van der Waals surface area contributed by atoms with E-state index in [2.05, 4.69) is 50.2 Å². The first kappa shape index (κ1) is 17.4. The Hall–Kier alpha value is -2.00. The molecule has 0 unspecified atom stereocenters. The topological polar surface area (TPSA) is 21.7 Å². The van der Waals surface area contributed by atoms with Crippen LogP contribution in [0.3, 0.4) is 0 Å². The Morgan fingerprint density at radius 1 is 0.913 bits per heavy atom. The lowest BCUT2D eigenvalue weighted by Gasteiger charge is -2.13. The average Bonchev–Trinajstić information content (AvgIpc) is 2.55. The second kappa shape index (κ2) is 8.59. The van der Waals surface area contributed by atoms with Crippen molar-refractivity contribution in [3.8, 4) is 17.2 Å². The van der Waals surface area contributed by atoms with Crippen LogP contribution < -0.4 is 9.47 Å². The summed E-state index contributed by atoms with van der Waals surface area (Å²) in [5.41, 5.74) is 2.58. The van der Waals surface area contributed by atoms with Gasteiger partial charge in [0.1, 0.15) is 5.75 Å². The minimum absolute atomic E-state index is 0.765. The third-order valence-electron chi connectivity index (χ3n) is 3.86. The molecule has 0 bridgehead atoms. The molecule has 124 valence electrons. The van der Waals surface area contributed by atoms with Gasteiger partial charge in [-0.2, -0.15) is 0 Å². The number of hydrogen-bond donors (Lipinski definition) is 0. The third-order valence-corrected chi connectivity index (χ3v) is 3.86. The van der Waals surface area contributed by atoms with E-state index in [1.807, 2.05) is 18.2 Å². The van der Waals surface area contributed by atoms with E-state index in [1.165, 1.54) is 11.1 Å². The summed E-state index contributed by atoms with van der Waals surface area (Å²) in [6, 6.07) is 14.4. The summed E-state index contributed by atoms with van der Waals surface area (Å²) >= 11 is 0. The molecule has 2 aromatic carbocycles. The summed E-state index contributed by atoms with van der Waals surface area (Å²) in [6.07, 6.45) is 3.20. The zero-order valence-electron chi connectivity index (χ0n) is 14.6. The molecule has 0 fully saturated rings. The van der Waals surface area contributed by atoms with E-state index in [1.54, 1.807) is 7.11 Å². The van der Waals surface area contributed by atoms with Crippen molar-refractivity contribution in [3.05, 3.63) is 53.6 Å². The molecule has 0 aliphatic rings. The monoisotopic (exact) mass is 313 g/mol. The van der Waals surface area contributed by atoms with Crippen LogP contribution in [0.2, 0.25) is 0 Å². The van der Waals surface area contributed by atoms with Crippen LogP contribution in [0.5, 0.6) is 17.2 Å². The maximum atomic E-state index is 6.03. The Labute approximate surface area is 139 Å². The fourth-order valence-electron chi connectivity index (χ4n) is 2.48. The lowest BCUT2D eigenvalue weighted by Crippen LogP contribution is -2.13. The number of ether oxygens (including phenoxy) is 2. The minimum Gasteiger partial charge on any atom is -0.493 e. The van der Waals surface area contributed by atoms with Crippen molar-refractivity contribution in [3.63, 3.8) is 0 Å². The Morgan fingerprint density at radius 3 is 2.22 bits per heavy atom. The van der Waals surface area contributed by atoms with Gasteiger partial charge < -0.3 is 14.4 Å². The van der Waals surface area contributed by atoms with Gasteiger partial charge in [0.15, 0.2) is 11.5 Å². The first-order valence-electron chi connectivity index (χ1n) is 8.20. The van der Waals surface area contributed by atoms with Crippen LogP contribution in [-0.4, -0.2) is 32.6 Å². The first-order chi connectivity index (χ1) is 11.1. The zero-order chi connectivity index (χ0) is 16.7. The molecule has 23 heavy (non-hydrogen) atoms. The van der Waals surface area contributed by atoms with Crippen molar-refractivity contribution in [1.82, 2.24) is 4.90 Å². The van der Waals surface area contributed by atoms with Crippen LogP contribution in [0, 0.1) is 0 Å². The smallest absolute Gasteiger partial charge is 0.169 e. The molecule has 0 aliphatic heterocycles. The predicted octanol–water partition coefficient (Wildman–Crippen LogP) is 4.54. The fourth-order valence-corrected chi connectivity index (χ4v) is 2.48. The second-order valence-corrected chi connectivity index (χ2v) is 5.99. The molecular formula is C20H27NO2. The SMILES string of the molecule is CCc1ccc(Oc2cc(CCCN(C)C)ccc2OC)cc1. The first-order valence-corrected chi connectivity index (χ1v) is 8.20. The van der Waals surface area contributed by atoms with Gasteiger partial charge in [-0.25, -0.2) is 0 Å². The van der Waals surface area contributed by atoms with E-state index in [4.69, 9.17) is 9.47 Å². The summed E-state index contributed by atoms with van der Waals surface area (Å²) in [7, 11) is 5.87. The lowest BCUT2D eigenvalue weighted by molar-refractivity contribution is 0.378. The van der Waals surface area contributed by atoms with E-state index in [-0.39, 0.29) is 0 Å². The van der Waals surface area contributed by atoms with E-state index >= 15 is 0 Å². The van der Waals surface area contributed by atoms with Crippen LogP contribution in [-0.2, 0) is 12.8 Å². The summed E-state index contributed by atoms with van der Waals surface area (Å²) in [4.78, 5) is 2.20. The van der Waals surface area contributed by atoms with E-state index in [9.17, 15) is 0 Å². The molecule has 0 atom stereocenters. The van der Waals surface area contributed by atoms with Crippen LogP contribution >= 0.6 is 0 Å². The highest BCUT2D eigenvalue weighted by molar-refractivity contribution is 5.45. The molecular weight excluding hydrogens is 286 g/mol. The van der Waals surface area contributed by atoms with Crippen molar-refractivity contribution in [2.24, 2.45) is 0 Å². The molecule has 0 radical (unpaired) electrons. The lowest BCUT2D eigenvalue weighted by atomic mass is 10.1. The molecule has 0 heterocycles. The maximum absolute atomic E-state index is 6.03. The van der Waals surface area contributed by atoms with Gasteiger partial charge >= 0.3 is 0 Å². The van der Waals surface area contributed by atoms with Crippen LogP contribution in [0.15, 0.2) is 42.5 Å². The molecule has 3 nitrogen and oxygen atoms in total. The van der Waals surface area contributed by atoms with Crippen molar-refractivity contribution in [2.45, 2.75) is 26.2 Å². The predicted molar refractivity (Wildman–Crippen MR) is 95.8 cm³/mol. The Morgan fingerprint density at radius 2 is 1.61 bits per heavy atom. The van der Waals surface area contributed by atoms with Gasteiger partial charge in [0.2, 0.25) is 0 Å². The van der Waals surface area contributed by atoms with Crippen molar-refractivity contribution in [2.75, 3.05) is 27.7 Å². The summed E-state index contributed by atoms with van der Waals surface area (Å²) in [5.74, 6) is 2.38. The Kier molecular flexibility index (Phi) is 6.48. The molecule has 0 spiro atoms. The van der Waals surface area contributed by atoms with Crippen molar-refractivity contribution in [1.29, 1.82) is 0 Å². The summed E-state index contributed by atoms with van der Waals surface area (Å²) in [5, 5.41) is 0. The third kappa shape index (κ3) is 5.29. The molecule has 2 aromatic rings. The standard InChI is InChI=1S/C20H27NO2/c1-5-16-8-11-18(12-9-16)23-20-15-17(7-6-14-21(2)3)10-13-19(20)22-4/h8-13,15H,5-7,14H2,1-4H3. The van der Waals surface area contributed by atoms with Gasteiger partial charge in [-0.3, -0.25) is 0 Å². The van der Waals surface area contributed by atoms with Crippen LogP contribution in [0.1, 0.15) is 24.5 Å². The molecule has 3 heteroatoms. The maximum Gasteiger partial charge on any atom is 0.169 e. The average molecular weight is 313 g/mol. The van der Waals surface area contributed by atoms with Gasteiger partial charge in [-0.05, 0) is 75.3 Å². The van der Waals surface area contributed by atoms with Gasteiger partial charge in [0, 0.05) is 0 Å². The zero-order valence-corrected chi connectivity index (χ0v) is 14.6. The number of rotatable bonds is 8. The summed E-state index contributed by atoms with van der Waals surface area (Å²) < 4.78 is 11.5. The molecule has 0 saturated heterocycles. The summed E-state index contributed by atoms with van der Waals surface area (Å²) in [6.45, 7) is 3.23. The number of hydrogen-bond acceptors (Lipinski definition) is 3. The quantitative estimate of drug-likeness (QED) is 0.714. The highest BCUT2D eigenvalue weighted by Crippen LogP contribution is 2.32. The van der Waals surface area contributed by atoms with Gasteiger partial charge in [-0.15, -0.1) is 0 Å². The number of methoxy groups -OCH3 is 1. The van der Waals surface area contributed by atoms with E-state index < -0.39 is 0 Å². The highest BCUT2D eigenvalue weighted by atomic mass is 16.5. The van der Waals surface area contributed by atoms with E-state index in [0.717, 1.165) is 43.1 Å². The Bertz CT molecular complexity index is 606. The van der Waals surface area contributed by atoms with Crippen molar-refractivity contribution < 1.29 is 9.47 Å². The molecule has 0 amide bonds. The second-order valence-electron chi connectivity index (χ2n) is 5.99. The molecule has 0 N–H and O–H groups in total. The Balaban J connectivity index is 2.11. The number of aryl methyl sites for hydroxylation is 2. The molecule has 2 rings (SSSR count). The molecule has 0 aromatic heterocycles. The molecule has 0 saturated carbocycles. The molecule has 0 aliphatic carbocycles. The van der Waals surface area contributed by atoms with Crippen LogP contribution in [0.25, 0.3) is 0 Å².